The number of nitrogens with zero attached hydrogens (tertiary/aromatic N) is 3. The minimum atomic E-state index is -0.214. The summed E-state index contributed by atoms with van der Waals surface area (Å²) in [6, 6.07) is 17.8. The van der Waals surface area contributed by atoms with E-state index in [0.717, 1.165) is 30.3 Å². The third-order valence-corrected chi connectivity index (χ3v) is 6.40. The summed E-state index contributed by atoms with van der Waals surface area (Å²) in [7, 11) is 2.20. The number of likely N-dealkylation sites (N-methyl/N-ethyl adjacent to an activating group) is 1. The fourth-order valence-corrected chi connectivity index (χ4v) is 4.76. The van der Waals surface area contributed by atoms with Gasteiger partial charge in [0.1, 0.15) is 5.69 Å². The molecule has 6 nitrogen and oxygen atoms in total. The molecule has 7 heteroatoms. The Bertz CT molecular complexity index is 1050. The van der Waals surface area contributed by atoms with Crippen LogP contribution in [-0.2, 0) is 0 Å². The van der Waals surface area contributed by atoms with Crippen LogP contribution >= 0.6 is 11.6 Å². The van der Waals surface area contributed by atoms with E-state index >= 15 is 0 Å². The monoisotopic (exact) mass is 421 g/mol. The van der Waals surface area contributed by atoms with Crippen molar-refractivity contribution in [3.8, 4) is 11.3 Å². The number of hydrogen-bond donors (Lipinski definition) is 2. The van der Waals surface area contributed by atoms with Gasteiger partial charge in [-0.15, -0.1) is 0 Å². The van der Waals surface area contributed by atoms with Crippen molar-refractivity contribution < 1.29 is 4.79 Å². The van der Waals surface area contributed by atoms with Gasteiger partial charge < -0.3 is 15.1 Å². The number of nitrogens with one attached hydrogen (secondary N) is 2. The van der Waals surface area contributed by atoms with Gasteiger partial charge in [-0.25, -0.2) is 0 Å². The molecule has 2 aliphatic heterocycles. The second-order valence-corrected chi connectivity index (χ2v) is 8.64. The molecule has 2 saturated heterocycles. The van der Waals surface area contributed by atoms with Crippen molar-refractivity contribution in [2.24, 2.45) is 5.92 Å². The molecule has 2 aliphatic rings. The number of fused-ring (bicyclic) bond motifs is 1. The predicted molar refractivity (Wildman–Crippen MR) is 120 cm³/mol. The Balaban J connectivity index is 1.25. The first-order chi connectivity index (χ1) is 14.6. The number of carbonyl (C=O) groups excluding carboxylic acids is 1. The van der Waals surface area contributed by atoms with Crippen LogP contribution in [0.2, 0.25) is 5.02 Å². The van der Waals surface area contributed by atoms with Gasteiger partial charge in [0.25, 0.3) is 5.91 Å². The first kappa shape index (κ1) is 19.2. The summed E-state index contributed by atoms with van der Waals surface area (Å²) in [4.78, 5) is 17.5. The van der Waals surface area contributed by atoms with E-state index in [2.05, 4.69) is 44.5 Å². The fraction of sp³-hybridized carbons (Fsp3) is 0.304. The van der Waals surface area contributed by atoms with Crippen molar-refractivity contribution in [2.45, 2.75) is 12.5 Å². The van der Waals surface area contributed by atoms with Crippen LogP contribution in [0, 0.1) is 5.92 Å². The number of hydrogen-bond acceptors (Lipinski definition) is 4. The van der Waals surface area contributed by atoms with Crippen molar-refractivity contribution in [1.82, 2.24) is 15.1 Å². The van der Waals surface area contributed by atoms with Crippen LogP contribution in [0.5, 0.6) is 0 Å². The molecule has 2 fully saturated rings. The van der Waals surface area contributed by atoms with Crippen LogP contribution in [0.4, 0.5) is 11.4 Å². The normalized spacial score (nSPS) is 21.1. The average molecular weight is 422 g/mol. The molecule has 3 aromatic rings. The maximum Gasteiger partial charge on any atom is 0.273 e. The van der Waals surface area contributed by atoms with E-state index in [4.69, 9.17) is 11.6 Å². The van der Waals surface area contributed by atoms with E-state index in [9.17, 15) is 4.79 Å². The zero-order valence-electron chi connectivity index (χ0n) is 16.8. The van der Waals surface area contributed by atoms with Gasteiger partial charge >= 0.3 is 0 Å². The summed E-state index contributed by atoms with van der Waals surface area (Å²) in [5.41, 5.74) is 4.02. The van der Waals surface area contributed by atoms with Crippen LogP contribution in [0.1, 0.15) is 16.9 Å². The molecule has 2 N–H and O–H groups in total. The molecule has 0 saturated carbocycles. The number of H-pyrrole nitrogens is 1. The van der Waals surface area contributed by atoms with Crippen LogP contribution in [0.3, 0.4) is 0 Å². The lowest BCUT2D eigenvalue weighted by molar-refractivity contribution is 0.102. The topological polar surface area (TPSA) is 64.3 Å². The molecule has 0 aliphatic carbocycles. The molecule has 2 aromatic carbocycles. The summed E-state index contributed by atoms with van der Waals surface area (Å²) in [5, 5.41) is 10.7. The maximum absolute atomic E-state index is 12.6. The number of rotatable bonds is 4. The summed E-state index contributed by atoms with van der Waals surface area (Å²) in [6.07, 6.45) is 1.25. The van der Waals surface area contributed by atoms with Gasteiger partial charge in [-0.2, -0.15) is 5.10 Å². The van der Waals surface area contributed by atoms with Gasteiger partial charge in [0.2, 0.25) is 0 Å². The minimum Gasteiger partial charge on any atom is -0.367 e. The van der Waals surface area contributed by atoms with Gasteiger partial charge in [0.05, 0.1) is 5.69 Å². The zero-order valence-corrected chi connectivity index (χ0v) is 17.6. The van der Waals surface area contributed by atoms with E-state index in [1.807, 2.05) is 24.3 Å². The first-order valence-electron chi connectivity index (χ1n) is 10.2. The fourth-order valence-electron chi connectivity index (χ4n) is 4.63. The number of benzene rings is 2. The van der Waals surface area contributed by atoms with Crippen LogP contribution in [-0.4, -0.2) is 53.7 Å². The van der Waals surface area contributed by atoms with Gasteiger partial charge in [-0.1, -0.05) is 23.7 Å². The van der Waals surface area contributed by atoms with Crippen LogP contribution in [0.25, 0.3) is 11.3 Å². The maximum atomic E-state index is 12.6. The molecule has 30 heavy (non-hydrogen) atoms. The van der Waals surface area contributed by atoms with Crippen molar-refractivity contribution >= 4 is 28.9 Å². The molecule has 2 atom stereocenters. The molecule has 1 amide bonds. The van der Waals surface area contributed by atoms with Gasteiger partial charge in [0.15, 0.2) is 0 Å². The summed E-state index contributed by atoms with van der Waals surface area (Å²) in [5.74, 6) is 0.554. The lowest BCUT2D eigenvalue weighted by Gasteiger charge is -2.26. The van der Waals surface area contributed by atoms with E-state index in [1.54, 1.807) is 18.2 Å². The Morgan fingerprint density at radius 3 is 2.67 bits per heavy atom. The Labute approximate surface area is 180 Å². The number of anilines is 2. The molecular formula is C23H24ClN5O. The van der Waals surface area contributed by atoms with Crippen molar-refractivity contribution in [3.05, 3.63) is 65.3 Å². The summed E-state index contributed by atoms with van der Waals surface area (Å²) in [6.45, 7) is 3.42. The Kier molecular flexibility index (Phi) is 4.97. The smallest absolute Gasteiger partial charge is 0.273 e. The van der Waals surface area contributed by atoms with E-state index < -0.39 is 0 Å². The summed E-state index contributed by atoms with van der Waals surface area (Å²) >= 11 is 5.93. The lowest BCUT2D eigenvalue weighted by Crippen LogP contribution is -2.34. The quantitative estimate of drug-likeness (QED) is 0.665. The van der Waals surface area contributed by atoms with Gasteiger partial charge in [-0.3, -0.25) is 9.89 Å². The molecule has 1 aromatic heterocycles. The third kappa shape index (κ3) is 3.68. The van der Waals surface area contributed by atoms with Crippen molar-refractivity contribution in [2.75, 3.05) is 36.9 Å². The third-order valence-electron chi connectivity index (χ3n) is 6.15. The molecule has 154 valence electrons. The van der Waals surface area contributed by atoms with Crippen LogP contribution < -0.4 is 10.2 Å². The van der Waals surface area contributed by atoms with E-state index in [-0.39, 0.29) is 5.91 Å². The second kappa shape index (κ2) is 7.78. The first-order valence-corrected chi connectivity index (χ1v) is 10.6. The highest BCUT2D eigenvalue weighted by molar-refractivity contribution is 6.30. The highest BCUT2D eigenvalue weighted by Gasteiger charge is 2.39. The number of halogens is 1. The lowest BCUT2D eigenvalue weighted by atomic mass is 10.0. The number of aromatic amines is 1. The van der Waals surface area contributed by atoms with E-state index in [0.29, 0.717) is 22.5 Å². The summed E-state index contributed by atoms with van der Waals surface area (Å²) < 4.78 is 0. The standard InChI is InChI=1S/C23H24ClN5O/c1-28-13-16-10-11-29(22(16)14-28)19-8-6-18(7-9-19)25-23(30)21-12-20(26-27-21)15-2-4-17(24)5-3-15/h2-9,12,16,22H,10-11,13-14H2,1H3,(H,25,30)(H,26,27)/t16-,22+/m0/s1. The van der Waals surface area contributed by atoms with Crippen molar-refractivity contribution in [1.29, 1.82) is 0 Å². The Hall–Kier alpha value is -2.83. The molecule has 0 unspecified atom stereocenters. The van der Waals surface area contributed by atoms with Gasteiger partial charge in [0, 0.05) is 47.6 Å². The molecule has 0 radical (unpaired) electrons. The average Bonchev–Trinajstić information content (AvgIpc) is 3.45. The largest absolute Gasteiger partial charge is 0.367 e. The number of amides is 1. The molecule has 3 heterocycles. The predicted octanol–water partition coefficient (Wildman–Crippen LogP) is 4.12. The SMILES string of the molecule is CN1C[C@@H]2CCN(c3ccc(NC(=O)c4cc(-c5ccc(Cl)cc5)n[nH]4)cc3)[C@@H]2C1. The zero-order chi connectivity index (χ0) is 20.7. The molecule has 5 rings (SSSR count). The minimum absolute atomic E-state index is 0.214. The molecule has 0 bridgehead atoms. The Morgan fingerprint density at radius 2 is 1.90 bits per heavy atom. The Morgan fingerprint density at radius 1 is 1.13 bits per heavy atom. The highest BCUT2D eigenvalue weighted by Crippen LogP contribution is 2.34. The van der Waals surface area contributed by atoms with Gasteiger partial charge in [-0.05, 0) is 61.9 Å². The molecular weight excluding hydrogens is 398 g/mol. The number of carbonyl (C=O) groups is 1. The van der Waals surface area contributed by atoms with Crippen LogP contribution in [0.15, 0.2) is 54.6 Å². The number of aromatic nitrogens is 2. The molecule has 0 spiro atoms. The van der Waals surface area contributed by atoms with E-state index in [1.165, 1.54) is 18.7 Å². The second-order valence-electron chi connectivity index (χ2n) is 8.21. The highest BCUT2D eigenvalue weighted by atomic mass is 35.5. The van der Waals surface area contributed by atoms with Crippen molar-refractivity contribution in [3.63, 3.8) is 0 Å². The number of likely N-dealkylation sites (tertiary alicyclic amines) is 1.